The van der Waals surface area contributed by atoms with Crippen LogP contribution in [0.4, 0.5) is 0 Å². The van der Waals surface area contributed by atoms with Crippen molar-refractivity contribution in [1.82, 2.24) is 20.0 Å². The number of piperazine rings is 1. The van der Waals surface area contributed by atoms with Crippen molar-refractivity contribution in [2.45, 2.75) is 51.9 Å². The number of nitrogens with one attached hydrogen (secondary N) is 1. The molecule has 21 heavy (non-hydrogen) atoms. The minimum atomic E-state index is 0.0222. The van der Waals surface area contributed by atoms with Gasteiger partial charge in [-0.2, -0.15) is 0 Å². The molecule has 0 radical (unpaired) electrons. The van der Waals surface area contributed by atoms with Crippen molar-refractivity contribution in [3.8, 4) is 0 Å². The van der Waals surface area contributed by atoms with Gasteiger partial charge in [-0.05, 0) is 26.4 Å². The minimum absolute atomic E-state index is 0.0222. The minimum Gasteiger partial charge on any atom is -0.324 e. The zero-order valence-corrected chi connectivity index (χ0v) is 14.3. The number of rotatable bonds is 5. The fourth-order valence-corrected chi connectivity index (χ4v) is 3.48. The molecule has 5 heteroatoms. The Morgan fingerprint density at radius 1 is 1.29 bits per heavy atom. The van der Waals surface area contributed by atoms with Crippen molar-refractivity contribution in [3.63, 3.8) is 0 Å². The molecule has 2 heterocycles. The number of amides is 1. The lowest BCUT2D eigenvalue weighted by atomic mass is 10.1. The van der Waals surface area contributed by atoms with Gasteiger partial charge in [0.1, 0.15) is 0 Å². The largest absolute Gasteiger partial charge is 0.324 e. The Balaban J connectivity index is 2.06. The van der Waals surface area contributed by atoms with Crippen LogP contribution in [0.1, 0.15) is 33.6 Å². The zero-order chi connectivity index (χ0) is 15.6. The number of likely N-dealkylation sites (N-methyl/N-ethyl adjacent to an activating group) is 2. The predicted octanol–water partition coefficient (Wildman–Crippen LogP) is 0.815. The molecule has 3 atom stereocenters. The molecule has 2 rings (SSSR count). The SMILES string of the molecule is CCCC1NC(C(C)C)N(CC2CN(C)CCN2C)C1=O. The summed E-state index contributed by atoms with van der Waals surface area (Å²) in [7, 11) is 4.35. The van der Waals surface area contributed by atoms with E-state index in [1.165, 1.54) is 0 Å². The highest BCUT2D eigenvalue weighted by molar-refractivity contribution is 5.84. The molecule has 2 aliphatic rings. The Morgan fingerprint density at radius 2 is 2.00 bits per heavy atom. The maximum atomic E-state index is 12.7. The Labute approximate surface area is 129 Å². The first-order valence-electron chi connectivity index (χ1n) is 8.39. The monoisotopic (exact) mass is 296 g/mol. The maximum absolute atomic E-state index is 12.7. The van der Waals surface area contributed by atoms with Gasteiger partial charge in [-0.1, -0.05) is 27.2 Å². The van der Waals surface area contributed by atoms with E-state index >= 15 is 0 Å². The predicted molar refractivity (Wildman–Crippen MR) is 86.1 cm³/mol. The fourth-order valence-electron chi connectivity index (χ4n) is 3.48. The van der Waals surface area contributed by atoms with E-state index in [1.807, 2.05) is 0 Å². The summed E-state index contributed by atoms with van der Waals surface area (Å²) < 4.78 is 0. The lowest BCUT2D eigenvalue weighted by Gasteiger charge is -2.41. The van der Waals surface area contributed by atoms with Crippen molar-refractivity contribution >= 4 is 5.91 Å². The standard InChI is InChI=1S/C16H32N4O/c1-6-7-14-16(21)20(15(17-14)12(2)3)11-13-10-18(4)8-9-19(13)5/h12-15,17H,6-11H2,1-5H3. The summed E-state index contributed by atoms with van der Waals surface area (Å²) in [5.74, 6) is 0.750. The fraction of sp³-hybridized carbons (Fsp3) is 0.938. The van der Waals surface area contributed by atoms with Crippen molar-refractivity contribution < 1.29 is 4.79 Å². The van der Waals surface area contributed by atoms with Crippen LogP contribution in [-0.2, 0) is 4.79 Å². The molecule has 5 nitrogen and oxygen atoms in total. The first kappa shape index (κ1) is 16.7. The maximum Gasteiger partial charge on any atom is 0.241 e. The molecule has 0 aliphatic carbocycles. The number of hydrogen-bond donors (Lipinski definition) is 1. The van der Waals surface area contributed by atoms with Gasteiger partial charge in [0.2, 0.25) is 5.91 Å². The van der Waals surface area contributed by atoms with Crippen LogP contribution in [0.15, 0.2) is 0 Å². The third kappa shape index (κ3) is 3.76. The third-order valence-corrected chi connectivity index (χ3v) is 4.89. The van der Waals surface area contributed by atoms with Gasteiger partial charge in [-0.25, -0.2) is 0 Å². The second-order valence-corrected chi connectivity index (χ2v) is 7.08. The van der Waals surface area contributed by atoms with E-state index < -0.39 is 0 Å². The number of carbonyl (C=O) groups is 1. The van der Waals surface area contributed by atoms with Gasteiger partial charge in [0.25, 0.3) is 0 Å². The van der Waals surface area contributed by atoms with Gasteiger partial charge in [0.15, 0.2) is 0 Å². The topological polar surface area (TPSA) is 38.8 Å². The van der Waals surface area contributed by atoms with E-state index in [2.05, 4.69) is 54.9 Å². The van der Waals surface area contributed by atoms with Crippen LogP contribution in [0.25, 0.3) is 0 Å². The molecular weight excluding hydrogens is 264 g/mol. The van der Waals surface area contributed by atoms with E-state index in [1.54, 1.807) is 0 Å². The van der Waals surface area contributed by atoms with E-state index in [0.29, 0.717) is 17.9 Å². The highest BCUT2D eigenvalue weighted by atomic mass is 16.2. The van der Waals surface area contributed by atoms with Gasteiger partial charge < -0.3 is 9.80 Å². The summed E-state index contributed by atoms with van der Waals surface area (Å²) in [5, 5.41) is 3.55. The molecule has 0 saturated carbocycles. The lowest BCUT2D eigenvalue weighted by Crippen LogP contribution is -2.56. The van der Waals surface area contributed by atoms with Crippen LogP contribution in [-0.4, -0.2) is 79.1 Å². The van der Waals surface area contributed by atoms with Crippen molar-refractivity contribution in [2.75, 3.05) is 40.3 Å². The third-order valence-electron chi connectivity index (χ3n) is 4.89. The van der Waals surface area contributed by atoms with E-state index in [-0.39, 0.29) is 12.2 Å². The van der Waals surface area contributed by atoms with E-state index in [4.69, 9.17) is 0 Å². The molecule has 1 amide bonds. The van der Waals surface area contributed by atoms with Gasteiger partial charge in [-0.3, -0.25) is 15.0 Å². The van der Waals surface area contributed by atoms with Crippen LogP contribution in [0.3, 0.4) is 0 Å². The average molecular weight is 296 g/mol. The Hall–Kier alpha value is -0.650. The van der Waals surface area contributed by atoms with Gasteiger partial charge in [0.05, 0.1) is 12.2 Å². The van der Waals surface area contributed by atoms with Crippen LogP contribution in [0.5, 0.6) is 0 Å². The second-order valence-electron chi connectivity index (χ2n) is 7.08. The molecule has 0 spiro atoms. The molecule has 2 fully saturated rings. The van der Waals surface area contributed by atoms with Crippen LogP contribution in [0.2, 0.25) is 0 Å². The second kappa shape index (κ2) is 7.07. The Kier molecular flexibility index (Phi) is 5.63. The summed E-state index contributed by atoms with van der Waals surface area (Å²) in [5.41, 5.74) is 0. The summed E-state index contributed by atoms with van der Waals surface area (Å²) in [6.07, 6.45) is 2.18. The summed E-state index contributed by atoms with van der Waals surface area (Å²) in [6.45, 7) is 10.6. The van der Waals surface area contributed by atoms with Crippen molar-refractivity contribution in [1.29, 1.82) is 0 Å². The molecule has 1 N–H and O–H groups in total. The van der Waals surface area contributed by atoms with E-state index in [9.17, 15) is 4.79 Å². The van der Waals surface area contributed by atoms with Crippen LogP contribution in [0, 0.1) is 5.92 Å². The lowest BCUT2D eigenvalue weighted by molar-refractivity contribution is -0.131. The molecule has 0 aromatic carbocycles. The first-order chi connectivity index (χ1) is 9.93. The molecule has 3 unspecified atom stereocenters. The first-order valence-corrected chi connectivity index (χ1v) is 8.39. The molecule has 2 saturated heterocycles. The molecule has 122 valence electrons. The smallest absolute Gasteiger partial charge is 0.241 e. The molecule has 0 aromatic rings. The number of nitrogens with zero attached hydrogens (tertiary/aromatic N) is 3. The van der Waals surface area contributed by atoms with Crippen LogP contribution >= 0.6 is 0 Å². The molecule has 2 aliphatic heterocycles. The highest BCUT2D eigenvalue weighted by Gasteiger charge is 2.41. The summed E-state index contributed by atoms with van der Waals surface area (Å²) >= 11 is 0. The Bertz CT molecular complexity index is 360. The molecule has 0 aromatic heterocycles. The van der Waals surface area contributed by atoms with Gasteiger partial charge in [0, 0.05) is 32.2 Å². The highest BCUT2D eigenvalue weighted by Crippen LogP contribution is 2.22. The van der Waals surface area contributed by atoms with Gasteiger partial charge in [-0.15, -0.1) is 0 Å². The van der Waals surface area contributed by atoms with Crippen molar-refractivity contribution in [2.24, 2.45) is 5.92 Å². The Morgan fingerprint density at radius 3 is 2.62 bits per heavy atom. The van der Waals surface area contributed by atoms with Crippen LogP contribution < -0.4 is 5.32 Å². The average Bonchev–Trinajstić information content (AvgIpc) is 2.73. The normalized spacial score (nSPS) is 32.4. The number of hydrogen-bond acceptors (Lipinski definition) is 4. The summed E-state index contributed by atoms with van der Waals surface area (Å²) in [4.78, 5) is 19.6. The summed E-state index contributed by atoms with van der Waals surface area (Å²) in [6, 6.07) is 0.463. The van der Waals surface area contributed by atoms with Crippen molar-refractivity contribution in [3.05, 3.63) is 0 Å². The molecular formula is C16H32N4O. The quantitative estimate of drug-likeness (QED) is 0.815. The zero-order valence-electron chi connectivity index (χ0n) is 14.3. The van der Waals surface area contributed by atoms with Gasteiger partial charge >= 0.3 is 0 Å². The number of carbonyl (C=O) groups excluding carboxylic acids is 1. The van der Waals surface area contributed by atoms with E-state index in [0.717, 1.165) is 39.0 Å². The molecule has 0 bridgehead atoms.